The maximum atomic E-state index is 4.33. The van der Waals surface area contributed by atoms with Crippen LogP contribution in [-0.4, -0.2) is 16.6 Å². The average Bonchev–Trinajstić information content (AvgIpc) is 2.63. The lowest BCUT2D eigenvalue weighted by atomic mass is 10.1. The van der Waals surface area contributed by atoms with E-state index in [0.717, 1.165) is 12.2 Å². The van der Waals surface area contributed by atoms with Gasteiger partial charge in [-0.05, 0) is 51.1 Å². The second-order valence-corrected chi connectivity index (χ2v) is 4.43. The van der Waals surface area contributed by atoms with Crippen LogP contribution >= 0.6 is 0 Å². The molecule has 0 aliphatic carbocycles. The highest BCUT2D eigenvalue weighted by Crippen LogP contribution is 2.17. The van der Waals surface area contributed by atoms with E-state index in [0.29, 0.717) is 0 Å². The van der Waals surface area contributed by atoms with Gasteiger partial charge in [-0.1, -0.05) is 6.07 Å². The number of imidazole rings is 1. The maximum Gasteiger partial charge on any atom is 0.0997 e. The van der Waals surface area contributed by atoms with Crippen molar-refractivity contribution < 1.29 is 0 Å². The first-order chi connectivity index (χ1) is 8.13. The normalized spacial score (nSPS) is 10.8. The minimum absolute atomic E-state index is 0.911. The van der Waals surface area contributed by atoms with Crippen LogP contribution in [0, 0.1) is 20.8 Å². The highest BCUT2D eigenvalue weighted by Gasteiger charge is 2.05. The molecule has 1 heterocycles. The van der Waals surface area contributed by atoms with E-state index in [4.69, 9.17) is 0 Å². The number of hydrogen-bond donors (Lipinski definition) is 1. The summed E-state index contributed by atoms with van der Waals surface area (Å²) >= 11 is 0. The molecule has 1 aromatic carbocycles. The van der Waals surface area contributed by atoms with Crippen LogP contribution in [0.25, 0.3) is 5.69 Å². The molecule has 0 unspecified atom stereocenters. The van der Waals surface area contributed by atoms with Gasteiger partial charge in [0, 0.05) is 17.9 Å². The van der Waals surface area contributed by atoms with Crippen LogP contribution < -0.4 is 5.32 Å². The molecule has 1 aromatic heterocycles. The monoisotopic (exact) mass is 229 g/mol. The zero-order chi connectivity index (χ0) is 12.4. The predicted octanol–water partition coefficient (Wildman–Crippen LogP) is 2.52. The molecule has 0 atom stereocenters. The van der Waals surface area contributed by atoms with E-state index >= 15 is 0 Å². The first-order valence-corrected chi connectivity index (χ1v) is 5.88. The Bertz CT molecular complexity index is 526. The smallest absolute Gasteiger partial charge is 0.0997 e. The SMILES string of the molecule is CNCc1ccc(-n2cnc(C)c2C)cc1C. The van der Waals surface area contributed by atoms with Crippen LogP contribution in [0.15, 0.2) is 24.5 Å². The molecule has 0 amide bonds. The fourth-order valence-corrected chi connectivity index (χ4v) is 1.98. The van der Waals surface area contributed by atoms with Crippen molar-refractivity contribution in [1.29, 1.82) is 0 Å². The predicted molar refractivity (Wildman–Crippen MR) is 70.5 cm³/mol. The van der Waals surface area contributed by atoms with E-state index in [1.807, 2.05) is 20.3 Å². The molecule has 90 valence electrons. The molecular formula is C14H19N3. The third-order valence-electron chi connectivity index (χ3n) is 3.22. The Morgan fingerprint density at radius 3 is 2.53 bits per heavy atom. The summed E-state index contributed by atoms with van der Waals surface area (Å²) < 4.78 is 2.13. The van der Waals surface area contributed by atoms with Gasteiger partial charge in [-0.25, -0.2) is 4.98 Å². The molecule has 1 N–H and O–H groups in total. The molecule has 0 bridgehead atoms. The van der Waals surface area contributed by atoms with Crippen LogP contribution in [-0.2, 0) is 6.54 Å². The van der Waals surface area contributed by atoms with Gasteiger partial charge in [0.15, 0.2) is 0 Å². The molecule has 0 saturated heterocycles. The molecule has 0 saturated carbocycles. The molecule has 0 radical (unpaired) electrons. The van der Waals surface area contributed by atoms with Crippen LogP contribution in [0.2, 0.25) is 0 Å². The van der Waals surface area contributed by atoms with E-state index in [1.165, 1.54) is 22.5 Å². The van der Waals surface area contributed by atoms with Gasteiger partial charge in [0.25, 0.3) is 0 Å². The summed E-state index contributed by atoms with van der Waals surface area (Å²) in [5.41, 5.74) is 6.11. The highest BCUT2D eigenvalue weighted by molar-refractivity contribution is 5.41. The first-order valence-electron chi connectivity index (χ1n) is 5.88. The zero-order valence-corrected chi connectivity index (χ0v) is 10.9. The van der Waals surface area contributed by atoms with Crippen molar-refractivity contribution in [2.45, 2.75) is 27.3 Å². The summed E-state index contributed by atoms with van der Waals surface area (Å²) in [6.45, 7) is 7.19. The van der Waals surface area contributed by atoms with E-state index < -0.39 is 0 Å². The summed E-state index contributed by atoms with van der Waals surface area (Å²) in [6, 6.07) is 6.53. The van der Waals surface area contributed by atoms with Gasteiger partial charge in [-0.15, -0.1) is 0 Å². The number of benzene rings is 1. The first kappa shape index (κ1) is 11.9. The van der Waals surface area contributed by atoms with Gasteiger partial charge in [0.2, 0.25) is 0 Å². The Balaban J connectivity index is 2.41. The Morgan fingerprint density at radius 1 is 1.24 bits per heavy atom. The van der Waals surface area contributed by atoms with Gasteiger partial charge in [0.1, 0.15) is 0 Å². The lowest BCUT2D eigenvalue weighted by Gasteiger charge is -2.10. The molecule has 0 spiro atoms. The summed E-state index contributed by atoms with van der Waals surface area (Å²) in [7, 11) is 1.97. The minimum Gasteiger partial charge on any atom is -0.316 e. The van der Waals surface area contributed by atoms with E-state index in [9.17, 15) is 0 Å². The van der Waals surface area contributed by atoms with E-state index in [-0.39, 0.29) is 0 Å². The lowest BCUT2D eigenvalue weighted by molar-refractivity contribution is 0.811. The lowest BCUT2D eigenvalue weighted by Crippen LogP contribution is -2.07. The van der Waals surface area contributed by atoms with Crippen LogP contribution in [0.3, 0.4) is 0 Å². The number of nitrogens with one attached hydrogen (secondary N) is 1. The zero-order valence-electron chi connectivity index (χ0n) is 10.9. The fraction of sp³-hybridized carbons (Fsp3) is 0.357. The summed E-state index contributed by atoms with van der Waals surface area (Å²) in [5.74, 6) is 0. The van der Waals surface area contributed by atoms with Crippen molar-refractivity contribution >= 4 is 0 Å². The van der Waals surface area contributed by atoms with Gasteiger partial charge in [-0.3, -0.25) is 0 Å². The second-order valence-electron chi connectivity index (χ2n) is 4.43. The number of rotatable bonds is 3. The Morgan fingerprint density at radius 2 is 2.00 bits per heavy atom. The number of nitrogens with zero attached hydrogens (tertiary/aromatic N) is 2. The van der Waals surface area contributed by atoms with E-state index in [1.54, 1.807) is 0 Å². The van der Waals surface area contributed by atoms with Gasteiger partial charge < -0.3 is 9.88 Å². The topological polar surface area (TPSA) is 29.9 Å². The molecular weight excluding hydrogens is 210 g/mol. The summed E-state index contributed by atoms with van der Waals surface area (Å²) in [4.78, 5) is 4.33. The van der Waals surface area contributed by atoms with Crippen LogP contribution in [0.1, 0.15) is 22.5 Å². The largest absolute Gasteiger partial charge is 0.316 e. The highest BCUT2D eigenvalue weighted by atomic mass is 15.1. The quantitative estimate of drug-likeness (QED) is 0.876. The van der Waals surface area contributed by atoms with Gasteiger partial charge >= 0.3 is 0 Å². The number of aryl methyl sites for hydroxylation is 2. The molecule has 17 heavy (non-hydrogen) atoms. The van der Waals surface area contributed by atoms with Crippen LogP contribution in [0.4, 0.5) is 0 Å². The van der Waals surface area contributed by atoms with Gasteiger partial charge in [0.05, 0.1) is 12.0 Å². The van der Waals surface area contributed by atoms with Crippen molar-refractivity contribution in [2.24, 2.45) is 0 Å². The maximum absolute atomic E-state index is 4.33. The molecule has 0 aliphatic heterocycles. The van der Waals surface area contributed by atoms with Gasteiger partial charge in [-0.2, -0.15) is 0 Å². The Labute approximate surface area is 103 Å². The minimum atomic E-state index is 0.911. The second kappa shape index (κ2) is 4.72. The van der Waals surface area contributed by atoms with Crippen molar-refractivity contribution in [3.05, 3.63) is 47.0 Å². The summed E-state index contributed by atoms with van der Waals surface area (Å²) in [5, 5.41) is 3.18. The molecule has 0 aliphatic rings. The third-order valence-corrected chi connectivity index (χ3v) is 3.22. The standard InChI is InChI=1S/C14H19N3/c1-10-7-14(6-5-13(10)8-15-4)17-9-16-11(2)12(17)3/h5-7,9,15H,8H2,1-4H3. The summed E-state index contributed by atoms with van der Waals surface area (Å²) in [6.07, 6.45) is 1.89. The average molecular weight is 229 g/mol. The van der Waals surface area contributed by atoms with Crippen molar-refractivity contribution in [3.63, 3.8) is 0 Å². The van der Waals surface area contributed by atoms with Crippen molar-refractivity contribution in [1.82, 2.24) is 14.9 Å². The molecule has 0 fully saturated rings. The van der Waals surface area contributed by atoms with Crippen molar-refractivity contribution in [3.8, 4) is 5.69 Å². The number of aromatic nitrogens is 2. The number of hydrogen-bond acceptors (Lipinski definition) is 2. The molecule has 2 aromatic rings. The molecule has 2 rings (SSSR count). The Kier molecular flexibility index (Phi) is 3.29. The van der Waals surface area contributed by atoms with E-state index in [2.05, 4.69) is 46.9 Å². The van der Waals surface area contributed by atoms with Crippen molar-refractivity contribution in [2.75, 3.05) is 7.05 Å². The fourth-order valence-electron chi connectivity index (χ4n) is 1.98. The van der Waals surface area contributed by atoms with Crippen LogP contribution in [0.5, 0.6) is 0 Å². The molecule has 3 heteroatoms. The Hall–Kier alpha value is -1.61. The molecule has 3 nitrogen and oxygen atoms in total. The third kappa shape index (κ3) is 2.24.